The van der Waals surface area contributed by atoms with Crippen LogP contribution in [0.3, 0.4) is 0 Å². The Morgan fingerprint density at radius 3 is 2.37 bits per heavy atom. The zero-order valence-electron chi connectivity index (χ0n) is 17.0. The molecule has 0 radical (unpaired) electrons. The predicted molar refractivity (Wildman–Crippen MR) is 101 cm³/mol. The number of esters is 1. The molecule has 2 heterocycles. The summed E-state index contributed by atoms with van der Waals surface area (Å²) >= 11 is 0. The molecule has 5 nitrogen and oxygen atoms in total. The number of fused-ring (bicyclic) bond motifs is 1. The number of carbonyl (C=O) groups excluding carboxylic acids is 1. The summed E-state index contributed by atoms with van der Waals surface area (Å²) in [6, 6.07) is 0. The van der Waals surface area contributed by atoms with Crippen LogP contribution in [-0.4, -0.2) is 42.3 Å². The van der Waals surface area contributed by atoms with E-state index in [4.69, 9.17) is 18.9 Å². The number of hydrogen-bond acceptors (Lipinski definition) is 5. The Hall–Kier alpha value is -1.17. The minimum absolute atomic E-state index is 0.0964. The van der Waals surface area contributed by atoms with Crippen LogP contribution in [-0.2, 0) is 23.7 Å². The Morgan fingerprint density at radius 1 is 1.07 bits per heavy atom. The number of allylic oxidation sites excluding steroid dienone is 2. The van der Waals surface area contributed by atoms with Crippen LogP contribution >= 0.6 is 0 Å². The summed E-state index contributed by atoms with van der Waals surface area (Å²) < 4.78 is 23.8. The first-order valence-corrected chi connectivity index (χ1v) is 10.3. The number of ether oxygens (including phenoxy) is 4. The molecular weight excluding hydrogens is 344 g/mol. The molecule has 27 heavy (non-hydrogen) atoms. The summed E-state index contributed by atoms with van der Waals surface area (Å²) in [6.07, 6.45) is 11.6. The highest BCUT2D eigenvalue weighted by molar-refractivity contribution is 5.83. The lowest BCUT2D eigenvalue weighted by Gasteiger charge is -2.45. The molecule has 0 bridgehead atoms. The Balaban J connectivity index is 1.45. The lowest BCUT2D eigenvalue weighted by Crippen LogP contribution is -2.52. The second-order valence-electron chi connectivity index (χ2n) is 9.48. The van der Waals surface area contributed by atoms with Gasteiger partial charge in [-0.2, -0.15) is 0 Å². The molecule has 0 amide bonds. The van der Waals surface area contributed by atoms with Crippen LogP contribution in [0, 0.1) is 5.41 Å². The standard InChI is InChI=1S/C22H32O5/c1-16(13-18(23)26-17-7-5-6-8-17)9-10-22-19(2,3)14-21(24-11-12-25-21)15-20(22,4)27-22/h9-10,13,17H,5-8,11-12,14-15H2,1-4H3/t20-,22?/m1/s1. The maximum atomic E-state index is 12.1. The van der Waals surface area contributed by atoms with E-state index in [1.165, 1.54) is 0 Å². The first-order chi connectivity index (χ1) is 12.7. The topological polar surface area (TPSA) is 57.3 Å². The fourth-order valence-corrected chi connectivity index (χ4v) is 5.56. The van der Waals surface area contributed by atoms with Gasteiger partial charge in [-0.05, 0) is 51.2 Å². The van der Waals surface area contributed by atoms with Crippen molar-refractivity contribution < 1.29 is 23.7 Å². The van der Waals surface area contributed by atoms with E-state index in [9.17, 15) is 4.79 Å². The van der Waals surface area contributed by atoms with E-state index < -0.39 is 5.79 Å². The van der Waals surface area contributed by atoms with Crippen molar-refractivity contribution in [2.45, 2.75) is 89.3 Å². The van der Waals surface area contributed by atoms with Gasteiger partial charge in [0, 0.05) is 24.3 Å². The molecule has 2 saturated carbocycles. The normalized spacial score (nSPS) is 37.7. The lowest BCUT2D eigenvalue weighted by atomic mass is 9.61. The van der Waals surface area contributed by atoms with Crippen molar-refractivity contribution in [3.63, 3.8) is 0 Å². The Kier molecular flexibility index (Phi) is 4.56. The quantitative estimate of drug-likeness (QED) is 0.320. The van der Waals surface area contributed by atoms with Crippen molar-refractivity contribution in [2.75, 3.05) is 13.2 Å². The van der Waals surface area contributed by atoms with Crippen molar-refractivity contribution >= 4 is 5.97 Å². The third-order valence-corrected chi connectivity index (χ3v) is 6.78. The molecule has 2 atom stereocenters. The molecule has 2 saturated heterocycles. The summed E-state index contributed by atoms with van der Waals surface area (Å²) in [5.74, 6) is -0.752. The van der Waals surface area contributed by atoms with Gasteiger partial charge in [0.25, 0.3) is 0 Å². The Morgan fingerprint density at radius 2 is 1.74 bits per heavy atom. The Labute approximate surface area is 162 Å². The monoisotopic (exact) mass is 376 g/mol. The largest absolute Gasteiger partial charge is 0.459 e. The highest BCUT2D eigenvalue weighted by Gasteiger charge is 2.78. The van der Waals surface area contributed by atoms with Crippen molar-refractivity contribution in [1.82, 2.24) is 0 Å². The molecule has 1 spiro atoms. The van der Waals surface area contributed by atoms with Gasteiger partial charge in [0.2, 0.25) is 0 Å². The average Bonchev–Trinajstić information content (AvgIpc) is 2.95. The van der Waals surface area contributed by atoms with Gasteiger partial charge >= 0.3 is 5.97 Å². The molecule has 4 rings (SSSR count). The number of carbonyl (C=O) groups is 1. The van der Waals surface area contributed by atoms with Gasteiger partial charge < -0.3 is 18.9 Å². The molecule has 2 aliphatic heterocycles. The van der Waals surface area contributed by atoms with E-state index in [0.717, 1.165) is 44.1 Å². The summed E-state index contributed by atoms with van der Waals surface area (Å²) in [7, 11) is 0. The van der Waals surface area contributed by atoms with Crippen molar-refractivity contribution in [3.8, 4) is 0 Å². The molecule has 150 valence electrons. The zero-order valence-corrected chi connectivity index (χ0v) is 17.0. The van der Waals surface area contributed by atoms with E-state index in [0.29, 0.717) is 13.2 Å². The minimum atomic E-state index is -0.512. The van der Waals surface area contributed by atoms with E-state index in [1.807, 2.05) is 13.0 Å². The number of rotatable bonds is 4. The van der Waals surface area contributed by atoms with Crippen LogP contribution in [0.1, 0.15) is 66.2 Å². The molecule has 0 aromatic carbocycles. The van der Waals surface area contributed by atoms with Gasteiger partial charge in [0.1, 0.15) is 17.3 Å². The summed E-state index contributed by atoms with van der Waals surface area (Å²) in [5.41, 5.74) is 0.0890. The van der Waals surface area contributed by atoms with Gasteiger partial charge in [-0.3, -0.25) is 0 Å². The van der Waals surface area contributed by atoms with Crippen LogP contribution in [0.4, 0.5) is 0 Å². The van der Waals surface area contributed by atoms with Crippen LogP contribution in [0.25, 0.3) is 0 Å². The molecule has 4 fully saturated rings. The third kappa shape index (κ3) is 3.28. The molecule has 1 unspecified atom stereocenters. The van der Waals surface area contributed by atoms with Gasteiger partial charge in [0.05, 0.1) is 13.2 Å². The molecule has 0 aromatic rings. The van der Waals surface area contributed by atoms with Gasteiger partial charge in [-0.25, -0.2) is 4.79 Å². The second kappa shape index (κ2) is 6.43. The van der Waals surface area contributed by atoms with Crippen LogP contribution in [0.2, 0.25) is 0 Å². The van der Waals surface area contributed by atoms with E-state index in [1.54, 1.807) is 6.08 Å². The van der Waals surface area contributed by atoms with E-state index in [-0.39, 0.29) is 28.7 Å². The maximum absolute atomic E-state index is 12.1. The van der Waals surface area contributed by atoms with Crippen LogP contribution in [0.15, 0.2) is 23.8 Å². The molecular formula is C22H32O5. The fraction of sp³-hybridized carbons (Fsp3) is 0.773. The first-order valence-electron chi connectivity index (χ1n) is 10.3. The summed E-state index contributed by atoms with van der Waals surface area (Å²) in [5, 5.41) is 0. The van der Waals surface area contributed by atoms with Crippen molar-refractivity contribution in [2.24, 2.45) is 5.41 Å². The molecule has 0 N–H and O–H groups in total. The Bertz CT molecular complexity index is 666. The highest BCUT2D eigenvalue weighted by atomic mass is 16.7. The molecule has 5 heteroatoms. The smallest absolute Gasteiger partial charge is 0.331 e. The molecule has 0 aromatic heterocycles. The lowest BCUT2D eigenvalue weighted by molar-refractivity contribution is -0.201. The van der Waals surface area contributed by atoms with Gasteiger partial charge in [-0.1, -0.05) is 19.9 Å². The van der Waals surface area contributed by atoms with Gasteiger partial charge in [-0.15, -0.1) is 0 Å². The van der Waals surface area contributed by atoms with Crippen molar-refractivity contribution in [1.29, 1.82) is 0 Å². The van der Waals surface area contributed by atoms with Crippen LogP contribution < -0.4 is 0 Å². The van der Waals surface area contributed by atoms with Crippen molar-refractivity contribution in [3.05, 3.63) is 23.8 Å². The van der Waals surface area contributed by atoms with Crippen LogP contribution in [0.5, 0.6) is 0 Å². The second-order valence-corrected chi connectivity index (χ2v) is 9.48. The SMILES string of the molecule is CC(C=CC12O[C@]1(C)CC1(CC2(C)C)OCCO1)=CC(=O)OC1CCCC1. The number of epoxide rings is 1. The molecule has 4 aliphatic rings. The number of hydrogen-bond donors (Lipinski definition) is 0. The fourth-order valence-electron chi connectivity index (χ4n) is 5.56. The minimum Gasteiger partial charge on any atom is -0.459 e. The highest BCUT2D eigenvalue weighted by Crippen LogP contribution is 2.69. The van der Waals surface area contributed by atoms with E-state index in [2.05, 4.69) is 26.8 Å². The zero-order chi connectivity index (χ0) is 19.3. The average molecular weight is 376 g/mol. The summed E-state index contributed by atoms with van der Waals surface area (Å²) in [4.78, 5) is 12.1. The van der Waals surface area contributed by atoms with Gasteiger partial charge in [0.15, 0.2) is 5.79 Å². The van der Waals surface area contributed by atoms with E-state index >= 15 is 0 Å². The summed E-state index contributed by atoms with van der Waals surface area (Å²) in [6.45, 7) is 9.80. The maximum Gasteiger partial charge on any atom is 0.331 e. The third-order valence-electron chi connectivity index (χ3n) is 6.78. The molecule has 2 aliphatic carbocycles. The predicted octanol–water partition coefficient (Wildman–Crippen LogP) is 4.07. The first kappa shape index (κ1) is 19.2.